The Bertz CT molecular complexity index is 877. The molecule has 1 heterocycles. The number of benzene rings is 2. The number of nitrogens with one attached hydrogen (secondary N) is 1. The predicted octanol–water partition coefficient (Wildman–Crippen LogP) is 4.18. The molecule has 1 amide bonds. The van der Waals surface area contributed by atoms with Crippen molar-refractivity contribution in [3.8, 4) is 11.5 Å². The highest BCUT2D eigenvalue weighted by molar-refractivity contribution is 7.22. The molecule has 5 nitrogen and oxygen atoms in total. The molecule has 1 N–H and O–H groups in total. The van der Waals surface area contributed by atoms with Crippen LogP contribution in [0.15, 0.2) is 30.3 Å². The van der Waals surface area contributed by atoms with Crippen LogP contribution in [0.4, 0.5) is 5.13 Å². The van der Waals surface area contributed by atoms with Gasteiger partial charge in [0.1, 0.15) is 0 Å². The molecule has 0 aliphatic carbocycles. The summed E-state index contributed by atoms with van der Waals surface area (Å²) >= 11 is 1.40. The summed E-state index contributed by atoms with van der Waals surface area (Å²) in [5.74, 6) is 1.08. The Hall–Kier alpha value is -2.60. The first-order valence-corrected chi connectivity index (χ1v) is 8.24. The van der Waals surface area contributed by atoms with Gasteiger partial charge >= 0.3 is 0 Å². The minimum absolute atomic E-state index is 0.170. The van der Waals surface area contributed by atoms with Crippen molar-refractivity contribution in [1.82, 2.24) is 4.98 Å². The van der Waals surface area contributed by atoms with Crippen LogP contribution >= 0.6 is 11.3 Å². The first-order valence-electron chi connectivity index (χ1n) is 7.43. The number of carbonyl (C=O) groups excluding carboxylic acids is 1. The summed E-state index contributed by atoms with van der Waals surface area (Å²) in [6.07, 6.45) is 0. The molecule has 0 unspecified atom stereocenters. The zero-order valence-electron chi connectivity index (χ0n) is 14.0. The van der Waals surface area contributed by atoms with Crippen LogP contribution in [0.2, 0.25) is 0 Å². The van der Waals surface area contributed by atoms with Crippen LogP contribution in [0.3, 0.4) is 0 Å². The fraction of sp³-hybridized carbons (Fsp3) is 0.222. The summed E-state index contributed by atoms with van der Waals surface area (Å²) in [6.45, 7) is 4.01. The van der Waals surface area contributed by atoms with Crippen molar-refractivity contribution in [3.05, 3.63) is 47.0 Å². The lowest BCUT2D eigenvalue weighted by atomic mass is 10.1. The number of hydrogen-bond donors (Lipinski definition) is 1. The molecule has 0 saturated carbocycles. The average Bonchev–Trinajstić information content (AvgIpc) is 2.96. The van der Waals surface area contributed by atoms with Gasteiger partial charge in [0.15, 0.2) is 16.6 Å². The minimum atomic E-state index is -0.170. The molecule has 0 fully saturated rings. The molecule has 6 heteroatoms. The second-order valence-corrected chi connectivity index (χ2v) is 6.48. The number of hydrogen-bond acceptors (Lipinski definition) is 5. The molecule has 3 aromatic rings. The van der Waals surface area contributed by atoms with Gasteiger partial charge in [-0.15, -0.1) is 0 Å². The molecule has 0 saturated heterocycles. The minimum Gasteiger partial charge on any atom is -0.493 e. The lowest BCUT2D eigenvalue weighted by Crippen LogP contribution is -2.11. The maximum absolute atomic E-state index is 12.4. The van der Waals surface area contributed by atoms with Gasteiger partial charge in [-0.2, -0.15) is 0 Å². The van der Waals surface area contributed by atoms with Gasteiger partial charge in [0.25, 0.3) is 5.91 Å². The van der Waals surface area contributed by atoms with Crippen LogP contribution in [-0.4, -0.2) is 25.1 Å². The van der Waals surface area contributed by atoms with Gasteiger partial charge in [-0.1, -0.05) is 17.4 Å². The molecular weight excluding hydrogens is 324 g/mol. The maximum Gasteiger partial charge on any atom is 0.257 e. The average molecular weight is 342 g/mol. The second-order valence-electron chi connectivity index (χ2n) is 5.45. The topological polar surface area (TPSA) is 60.5 Å². The van der Waals surface area contributed by atoms with E-state index >= 15 is 0 Å². The molecular formula is C18H18N2O3S. The number of aromatic nitrogens is 1. The molecule has 3 rings (SSSR count). The van der Waals surface area contributed by atoms with Gasteiger partial charge in [0.2, 0.25) is 0 Å². The van der Waals surface area contributed by atoms with Crippen LogP contribution in [0.25, 0.3) is 10.2 Å². The molecule has 0 atom stereocenters. The van der Waals surface area contributed by atoms with Gasteiger partial charge in [-0.05, 0) is 37.1 Å². The van der Waals surface area contributed by atoms with Crippen LogP contribution < -0.4 is 14.8 Å². The van der Waals surface area contributed by atoms with Crippen molar-refractivity contribution in [2.75, 3.05) is 19.5 Å². The Morgan fingerprint density at radius 3 is 2.42 bits per heavy atom. The molecule has 2 aromatic carbocycles. The van der Waals surface area contributed by atoms with Gasteiger partial charge in [-0.3, -0.25) is 10.1 Å². The van der Waals surface area contributed by atoms with E-state index < -0.39 is 0 Å². The second kappa shape index (κ2) is 6.49. The highest BCUT2D eigenvalue weighted by atomic mass is 32.1. The highest BCUT2D eigenvalue weighted by Crippen LogP contribution is 2.36. The van der Waals surface area contributed by atoms with Crippen molar-refractivity contribution >= 4 is 32.6 Å². The molecule has 24 heavy (non-hydrogen) atoms. The third-order valence-corrected chi connectivity index (χ3v) is 4.82. The molecule has 0 radical (unpaired) electrons. The number of carbonyl (C=O) groups is 1. The number of nitrogens with zero attached hydrogens (tertiary/aromatic N) is 1. The van der Waals surface area contributed by atoms with Crippen LogP contribution in [0, 0.1) is 13.8 Å². The van der Waals surface area contributed by atoms with E-state index in [-0.39, 0.29) is 5.91 Å². The van der Waals surface area contributed by atoms with Gasteiger partial charge < -0.3 is 9.47 Å². The summed E-state index contributed by atoms with van der Waals surface area (Å²) in [4.78, 5) is 16.9. The number of methoxy groups -OCH3 is 2. The smallest absolute Gasteiger partial charge is 0.257 e. The Labute approximate surface area is 144 Å². The number of ether oxygens (including phenoxy) is 2. The fourth-order valence-corrected chi connectivity index (χ4v) is 3.23. The molecule has 1 aromatic heterocycles. The summed E-state index contributed by atoms with van der Waals surface area (Å²) in [7, 11) is 3.17. The van der Waals surface area contributed by atoms with Crippen molar-refractivity contribution in [2.45, 2.75) is 13.8 Å². The number of anilines is 1. The first-order chi connectivity index (χ1) is 11.5. The Morgan fingerprint density at radius 2 is 1.75 bits per heavy atom. The predicted molar refractivity (Wildman–Crippen MR) is 96.6 cm³/mol. The Kier molecular flexibility index (Phi) is 4.40. The Balaban J connectivity index is 1.89. The lowest BCUT2D eigenvalue weighted by Gasteiger charge is -2.05. The van der Waals surface area contributed by atoms with E-state index in [1.165, 1.54) is 11.3 Å². The zero-order chi connectivity index (χ0) is 17.3. The van der Waals surface area contributed by atoms with Crippen molar-refractivity contribution in [1.29, 1.82) is 0 Å². The van der Waals surface area contributed by atoms with Crippen LogP contribution in [0.1, 0.15) is 21.5 Å². The van der Waals surface area contributed by atoms with Crippen molar-refractivity contribution in [3.63, 3.8) is 0 Å². The zero-order valence-corrected chi connectivity index (χ0v) is 14.8. The van der Waals surface area contributed by atoms with Gasteiger partial charge in [0, 0.05) is 17.7 Å². The molecule has 124 valence electrons. The number of thiazole rings is 1. The summed E-state index contributed by atoms with van der Waals surface area (Å²) < 4.78 is 11.5. The summed E-state index contributed by atoms with van der Waals surface area (Å²) in [6, 6.07) is 9.30. The molecule has 0 aliphatic heterocycles. The monoisotopic (exact) mass is 342 g/mol. The third kappa shape index (κ3) is 3.05. The normalized spacial score (nSPS) is 10.7. The molecule has 0 aliphatic rings. The number of aryl methyl sites for hydroxylation is 2. The van der Waals surface area contributed by atoms with E-state index in [4.69, 9.17) is 9.47 Å². The van der Waals surface area contributed by atoms with Gasteiger partial charge in [-0.25, -0.2) is 4.98 Å². The van der Waals surface area contributed by atoms with Crippen molar-refractivity contribution < 1.29 is 14.3 Å². The van der Waals surface area contributed by atoms with E-state index in [0.29, 0.717) is 22.2 Å². The van der Waals surface area contributed by atoms with Gasteiger partial charge in [0.05, 0.1) is 24.4 Å². The quantitative estimate of drug-likeness (QED) is 0.772. The molecule has 0 spiro atoms. The summed E-state index contributed by atoms with van der Waals surface area (Å²) in [5, 5.41) is 3.40. The maximum atomic E-state index is 12.4. The lowest BCUT2D eigenvalue weighted by molar-refractivity contribution is 0.102. The Morgan fingerprint density at radius 1 is 1.04 bits per heavy atom. The van der Waals surface area contributed by atoms with E-state index in [2.05, 4.69) is 10.3 Å². The van der Waals surface area contributed by atoms with Crippen LogP contribution in [-0.2, 0) is 0 Å². The highest BCUT2D eigenvalue weighted by Gasteiger charge is 2.13. The first kappa shape index (κ1) is 16.3. The summed E-state index contributed by atoms with van der Waals surface area (Å²) in [5.41, 5.74) is 3.62. The van der Waals surface area contributed by atoms with E-state index in [1.807, 2.05) is 38.1 Å². The van der Waals surface area contributed by atoms with Crippen molar-refractivity contribution in [2.24, 2.45) is 0 Å². The number of amides is 1. The van der Waals surface area contributed by atoms with E-state index in [1.54, 1.807) is 20.3 Å². The third-order valence-electron chi connectivity index (χ3n) is 3.88. The SMILES string of the molecule is COc1cc2nc(NC(=O)c3ccc(C)c(C)c3)sc2cc1OC. The molecule has 0 bridgehead atoms. The van der Waals surface area contributed by atoms with Crippen LogP contribution in [0.5, 0.6) is 11.5 Å². The fourth-order valence-electron chi connectivity index (χ4n) is 2.36. The largest absolute Gasteiger partial charge is 0.493 e. The van der Waals surface area contributed by atoms with E-state index in [9.17, 15) is 4.79 Å². The van der Waals surface area contributed by atoms with E-state index in [0.717, 1.165) is 21.3 Å². The standard InChI is InChI=1S/C18H18N2O3S/c1-10-5-6-12(7-11(10)2)17(21)20-18-19-13-8-14(22-3)15(23-4)9-16(13)24-18/h5-9H,1-4H3,(H,19,20,21). The number of fused-ring (bicyclic) bond motifs is 1. The number of rotatable bonds is 4.